The van der Waals surface area contributed by atoms with Gasteiger partial charge in [0.1, 0.15) is 0 Å². The molecule has 2 aliphatic rings. The van der Waals surface area contributed by atoms with E-state index in [-0.39, 0.29) is 18.0 Å². The summed E-state index contributed by atoms with van der Waals surface area (Å²) in [5.74, 6) is 0. The van der Waals surface area contributed by atoms with Gasteiger partial charge < -0.3 is 10.1 Å². The minimum absolute atomic E-state index is 0.0277. The van der Waals surface area contributed by atoms with Crippen LogP contribution in [0.3, 0.4) is 0 Å². The fourth-order valence-corrected chi connectivity index (χ4v) is 5.31. The van der Waals surface area contributed by atoms with E-state index in [0.29, 0.717) is 18.7 Å². The number of sulfonamides is 1. The molecule has 0 bridgehead atoms. The molecule has 2 aliphatic heterocycles. The van der Waals surface area contributed by atoms with Gasteiger partial charge in [-0.1, -0.05) is 30.3 Å². The Morgan fingerprint density at radius 1 is 1.21 bits per heavy atom. The van der Waals surface area contributed by atoms with Crippen molar-refractivity contribution >= 4 is 27.8 Å². The zero-order chi connectivity index (χ0) is 20.6. The van der Waals surface area contributed by atoms with E-state index < -0.39 is 28.2 Å². The van der Waals surface area contributed by atoms with Crippen LogP contribution < -0.4 is 10.2 Å². The molecule has 0 saturated carbocycles. The Balaban J connectivity index is 1.67. The molecule has 8 nitrogen and oxygen atoms in total. The van der Waals surface area contributed by atoms with Gasteiger partial charge in [-0.05, 0) is 42.7 Å². The van der Waals surface area contributed by atoms with Gasteiger partial charge in [-0.15, -0.1) is 0 Å². The van der Waals surface area contributed by atoms with E-state index >= 15 is 0 Å². The summed E-state index contributed by atoms with van der Waals surface area (Å²) in [5, 5.41) is 2.62. The van der Waals surface area contributed by atoms with Crippen LogP contribution in [0.5, 0.6) is 0 Å². The van der Waals surface area contributed by atoms with Crippen molar-refractivity contribution < 1.29 is 22.7 Å². The molecule has 29 heavy (non-hydrogen) atoms. The molecule has 4 rings (SSSR count). The van der Waals surface area contributed by atoms with Gasteiger partial charge in [0.15, 0.2) is 0 Å². The summed E-state index contributed by atoms with van der Waals surface area (Å²) in [5.41, 5.74) is 2.10. The van der Waals surface area contributed by atoms with E-state index in [1.165, 1.54) is 17.0 Å². The molecular formula is C20H21N3O5S. The maximum atomic E-state index is 13.3. The van der Waals surface area contributed by atoms with Gasteiger partial charge in [-0.3, -0.25) is 4.90 Å². The molecule has 1 fully saturated rings. The van der Waals surface area contributed by atoms with Crippen molar-refractivity contribution in [2.24, 2.45) is 0 Å². The number of fused-ring (bicyclic) bond motifs is 1. The molecule has 2 heterocycles. The lowest BCUT2D eigenvalue weighted by atomic mass is 10.1. The zero-order valence-corrected chi connectivity index (χ0v) is 16.7. The van der Waals surface area contributed by atoms with Gasteiger partial charge >= 0.3 is 12.1 Å². The Hall–Kier alpha value is -3.07. The summed E-state index contributed by atoms with van der Waals surface area (Å²) < 4.78 is 32.6. The van der Waals surface area contributed by atoms with Crippen LogP contribution in [0.2, 0.25) is 0 Å². The highest BCUT2D eigenvalue weighted by molar-refractivity contribution is 7.89. The fourth-order valence-electron chi connectivity index (χ4n) is 3.73. The molecule has 1 saturated heterocycles. The van der Waals surface area contributed by atoms with Crippen LogP contribution in [0.4, 0.5) is 15.3 Å². The number of urea groups is 1. The molecule has 9 heteroatoms. The number of anilines is 1. The third-order valence-electron chi connectivity index (χ3n) is 5.11. The van der Waals surface area contributed by atoms with Crippen molar-refractivity contribution in [2.45, 2.75) is 24.3 Å². The number of carbonyl (C=O) groups is 2. The molecular weight excluding hydrogens is 394 g/mol. The van der Waals surface area contributed by atoms with Crippen LogP contribution in [-0.4, -0.2) is 44.5 Å². The van der Waals surface area contributed by atoms with Crippen molar-refractivity contribution in [3.05, 3.63) is 59.7 Å². The number of ether oxygens (including phenoxy) is 1. The summed E-state index contributed by atoms with van der Waals surface area (Å²) >= 11 is 0. The smallest absolute Gasteiger partial charge is 0.414 e. The molecule has 0 radical (unpaired) electrons. The lowest BCUT2D eigenvalue weighted by Gasteiger charge is -2.23. The molecule has 1 unspecified atom stereocenters. The average Bonchev–Trinajstić information content (AvgIpc) is 3.32. The highest BCUT2D eigenvalue weighted by Crippen LogP contribution is 2.35. The van der Waals surface area contributed by atoms with Gasteiger partial charge in [0.25, 0.3) is 10.0 Å². The number of carbonyl (C=O) groups excluding carboxylic acids is 2. The second-order valence-corrected chi connectivity index (χ2v) is 8.62. The second kappa shape index (κ2) is 7.40. The standard InChI is InChI=1S/C20H21N3O5S/c1-2-28-20(25)22-11-10-15-12-16(8-9-17(15)22)29(26,27)23-18(13-21-19(23)24)14-6-4-3-5-7-14/h3-9,12,18H,2,10-11,13H2,1H3,(H,21,24). The van der Waals surface area contributed by atoms with Crippen LogP contribution in [-0.2, 0) is 21.2 Å². The molecule has 2 aromatic carbocycles. The fraction of sp³-hybridized carbons (Fsp3) is 0.300. The number of hydrogen-bond acceptors (Lipinski definition) is 5. The molecule has 0 spiro atoms. The normalized spacial score (nSPS) is 18.5. The first-order valence-electron chi connectivity index (χ1n) is 9.38. The number of amides is 3. The Morgan fingerprint density at radius 2 is 1.97 bits per heavy atom. The van der Waals surface area contributed by atoms with E-state index in [9.17, 15) is 18.0 Å². The van der Waals surface area contributed by atoms with E-state index in [2.05, 4.69) is 5.32 Å². The minimum atomic E-state index is -4.07. The summed E-state index contributed by atoms with van der Waals surface area (Å²) in [6.45, 7) is 2.63. The Kier molecular flexibility index (Phi) is 4.91. The van der Waals surface area contributed by atoms with Crippen molar-refractivity contribution in [2.75, 3.05) is 24.6 Å². The number of hydrogen-bond donors (Lipinski definition) is 1. The summed E-state index contributed by atoms with van der Waals surface area (Å²) in [4.78, 5) is 26.0. The molecule has 0 aromatic heterocycles. The lowest BCUT2D eigenvalue weighted by molar-refractivity contribution is 0.160. The van der Waals surface area contributed by atoms with Crippen LogP contribution in [0.1, 0.15) is 24.1 Å². The number of rotatable bonds is 4. The highest BCUT2D eigenvalue weighted by Gasteiger charge is 2.42. The largest absolute Gasteiger partial charge is 0.449 e. The van der Waals surface area contributed by atoms with Crippen molar-refractivity contribution in [1.29, 1.82) is 0 Å². The monoisotopic (exact) mass is 415 g/mol. The van der Waals surface area contributed by atoms with Gasteiger partial charge in [0.05, 0.1) is 23.2 Å². The highest BCUT2D eigenvalue weighted by atomic mass is 32.2. The third-order valence-corrected chi connectivity index (χ3v) is 6.89. The lowest BCUT2D eigenvalue weighted by Crippen LogP contribution is -2.36. The van der Waals surface area contributed by atoms with E-state index in [1.807, 2.05) is 18.2 Å². The number of benzene rings is 2. The first-order valence-corrected chi connectivity index (χ1v) is 10.8. The second-order valence-electron chi connectivity index (χ2n) is 6.80. The first kappa shape index (κ1) is 19.3. The van der Waals surface area contributed by atoms with Crippen molar-refractivity contribution in [3.8, 4) is 0 Å². The molecule has 3 amide bonds. The Morgan fingerprint density at radius 3 is 2.69 bits per heavy atom. The van der Waals surface area contributed by atoms with Gasteiger partial charge in [0, 0.05) is 13.1 Å². The van der Waals surface area contributed by atoms with Crippen molar-refractivity contribution in [1.82, 2.24) is 9.62 Å². The predicted octanol–water partition coefficient (Wildman–Crippen LogP) is 2.66. The summed E-state index contributed by atoms with van der Waals surface area (Å²) in [6.07, 6.45) is 0.0659. The van der Waals surface area contributed by atoms with Crippen LogP contribution in [0.25, 0.3) is 0 Å². The van der Waals surface area contributed by atoms with E-state index in [1.54, 1.807) is 25.1 Å². The van der Waals surface area contributed by atoms with Crippen molar-refractivity contribution in [3.63, 3.8) is 0 Å². The number of nitrogens with one attached hydrogen (secondary N) is 1. The SMILES string of the molecule is CCOC(=O)N1CCc2cc(S(=O)(=O)N3C(=O)NCC3c3ccccc3)ccc21. The Labute approximate surface area is 169 Å². The third kappa shape index (κ3) is 3.31. The molecule has 1 N–H and O–H groups in total. The number of nitrogens with zero attached hydrogens (tertiary/aromatic N) is 2. The van der Waals surface area contributed by atoms with Crippen LogP contribution in [0, 0.1) is 0 Å². The van der Waals surface area contributed by atoms with Gasteiger partial charge in [-0.2, -0.15) is 0 Å². The summed E-state index contributed by atoms with van der Waals surface area (Å²) in [6, 6.07) is 12.4. The zero-order valence-electron chi connectivity index (χ0n) is 15.9. The van der Waals surface area contributed by atoms with Crippen LogP contribution in [0.15, 0.2) is 53.4 Å². The molecule has 152 valence electrons. The topological polar surface area (TPSA) is 96.0 Å². The maximum Gasteiger partial charge on any atom is 0.414 e. The molecule has 1 atom stereocenters. The maximum absolute atomic E-state index is 13.3. The van der Waals surface area contributed by atoms with Gasteiger partial charge in [0.2, 0.25) is 0 Å². The molecule has 0 aliphatic carbocycles. The first-order chi connectivity index (χ1) is 13.9. The molecule has 2 aromatic rings. The Bertz CT molecular complexity index is 1060. The average molecular weight is 415 g/mol. The van der Waals surface area contributed by atoms with Crippen LogP contribution >= 0.6 is 0 Å². The predicted molar refractivity (Wildman–Crippen MR) is 106 cm³/mol. The van der Waals surface area contributed by atoms with E-state index in [4.69, 9.17) is 4.74 Å². The quantitative estimate of drug-likeness (QED) is 0.828. The summed E-state index contributed by atoms with van der Waals surface area (Å²) in [7, 11) is -4.07. The van der Waals surface area contributed by atoms with Gasteiger partial charge in [-0.25, -0.2) is 22.3 Å². The minimum Gasteiger partial charge on any atom is -0.449 e. The van der Waals surface area contributed by atoms with E-state index in [0.717, 1.165) is 15.4 Å².